The van der Waals surface area contributed by atoms with Gasteiger partial charge in [0.05, 0.1) is 17.6 Å². The van der Waals surface area contributed by atoms with Gasteiger partial charge in [-0.15, -0.1) is 0 Å². The SMILES string of the molecule is CC(C)c1nc(-c2ccc(NS(=O)(=O)Cc3ccccc3Cl)c(F)c2)c2c(N)ncc(C(=O)N[C@@H]3CCNC3)n12. The average Bonchev–Trinajstić information content (AvgIpc) is 3.55. The third kappa shape index (κ3) is 5.60. The molecule has 1 atom stereocenters. The summed E-state index contributed by atoms with van der Waals surface area (Å²) in [6.45, 7) is 5.35. The van der Waals surface area contributed by atoms with Crippen LogP contribution in [0.4, 0.5) is 15.9 Å². The number of carbonyl (C=O) groups is 1. The van der Waals surface area contributed by atoms with Crippen molar-refractivity contribution in [2.75, 3.05) is 23.5 Å². The molecule has 1 aliphatic heterocycles. The smallest absolute Gasteiger partial charge is 0.270 e. The molecule has 5 rings (SSSR count). The molecule has 5 N–H and O–H groups in total. The van der Waals surface area contributed by atoms with Crippen molar-refractivity contribution in [1.29, 1.82) is 0 Å². The Morgan fingerprint density at radius 2 is 2.05 bits per heavy atom. The lowest BCUT2D eigenvalue weighted by molar-refractivity contribution is 0.0933. The second-order valence-corrected chi connectivity index (χ2v) is 12.1. The van der Waals surface area contributed by atoms with Gasteiger partial charge in [-0.1, -0.05) is 49.7 Å². The number of amides is 1. The molecule has 0 spiro atoms. The molecule has 13 heteroatoms. The first kappa shape index (κ1) is 27.8. The number of hydrogen-bond acceptors (Lipinski definition) is 7. The molecule has 0 saturated carbocycles. The van der Waals surface area contributed by atoms with Crippen LogP contribution in [0.3, 0.4) is 0 Å². The Hall–Kier alpha value is -3.74. The van der Waals surface area contributed by atoms with Gasteiger partial charge in [0.25, 0.3) is 5.91 Å². The molecule has 0 bridgehead atoms. The maximum absolute atomic E-state index is 15.3. The number of benzene rings is 2. The lowest BCUT2D eigenvalue weighted by atomic mass is 10.1. The number of sulfonamides is 1. The van der Waals surface area contributed by atoms with Gasteiger partial charge in [-0.3, -0.25) is 13.9 Å². The van der Waals surface area contributed by atoms with Crippen LogP contribution in [0.25, 0.3) is 16.8 Å². The Balaban J connectivity index is 1.50. The molecule has 0 radical (unpaired) electrons. The normalized spacial score (nSPS) is 15.6. The van der Waals surface area contributed by atoms with Gasteiger partial charge in [0.15, 0.2) is 0 Å². The Kier molecular flexibility index (Phi) is 7.67. The van der Waals surface area contributed by atoms with Crippen LogP contribution in [0.1, 0.15) is 48.1 Å². The highest BCUT2D eigenvalue weighted by Gasteiger charge is 2.26. The van der Waals surface area contributed by atoms with Gasteiger partial charge in [0.2, 0.25) is 10.0 Å². The van der Waals surface area contributed by atoms with Crippen molar-refractivity contribution < 1.29 is 17.6 Å². The zero-order chi connectivity index (χ0) is 28.6. The Morgan fingerprint density at radius 3 is 2.73 bits per heavy atom. The number of nitrogen functional groups attached to an aromatic ring is 1. The number of rotatable bonds is 8. The molecule has 4 aromatic rings. The fourth-order valence-electron chi connectivity index (χ4n) is 4.72. The van der Waals surface area contributed by atoms with Gasteiger partial charge in [-0.25, -0.2) is 22.8 Å². The topological polar surface area (TPSA) is 144 Å². The van der Waals surface area contributed by atoms with E-state index in [1.165, 1.54) is 18.3 Å². The molecule has 0 aliphatic carbocycles. The van der Waals surface area contributed by atoms with E-state index < -0.39 is 21.6 Å². The van der Waals surface area contributed by atoms with Gasteiger partial charge in [-0.05, 0) is 36.7 Å². The van der Waals surface area contributed by atoms with E-state index >= 15 is 4.39 Å². The lowest BCUT2D eigenvalue weighted by Crippen LogP contribution is -2.37. The average molecular weight is 586 g/mol. The third-order valence-electron chi connectivity index (χ3n) is 6.67. The van der Waals surface area contributed by atoms with Crippen molar-refractivity contribution in [1.82, 2.24) is 25.0 Å². The van der Waals surface area contributed by atoms with Gasteiger partial charge in [0, 0.05) is 29.1 Å². The van der Waals surface area contributed by atoms with E-state index in [1.54, 1.807) is 34.7 Å². The van der Waals surface area contributed by atoms with Crippen LogP contribution in [0, 0.1) is 5.82 Å². The van der Waals surface area contributed by atoms with E-state index in [9.17, 15) is 13.2 Å². The highest BCUT2D eigenvalue weighted by Crippen LogP contribution is 2.33. The maximum atomic E-state index is 15.3. The fraction of sp³-hybridized carbons (Fsp3) is 0.296. The summed E-state index contributed by atoms with van der Waals surface area (Å²) in [5, 5.41) is 6.53. The summed E-state index contributed by atoms with van der Waals surface area (Å²) in [5.41, 5.74) is 7.75. The molecule has 2 aromatic carbocycles. The second kappa shape index (κ2) is 11.0. The van der Waals surface area contributed by atoms with E-state index in [2.05, 4.69) is 20.3 Å². The molecular weight excluding hydrogens is 557 g/mol. The molecule has 0 unspecified atom stereocenters. The Morgan fingerprint density at radius 1 is 1.27 bits per heavy atom. The summed E-state index contributed by atoms with van der Waals surface area (Å²) in [5.74, 6) is -0.963. The number of nitrogens with zero attached hydrogens (tertiary/aromatic N) is 3. The van der Waals surface area contributed by atoms with Crippen molar-refractivity contribution in [3.63, 3.8) is 0 Å². The van der Waals surface area contributed by atoms with Crippen LogP contribution in [0.15, 0.2) is 48.7 Å². The predicted molar refractivity (Wildman–Crippen MR) is 153 cm³/mol. The first-order valence-corrected chi connectivity index (χ1v) is 14.8. The van der Waals surface area contributed by atoms with Crippen molar-refractivity contribution in [3.05, 3.63) is 76.6 Å². The number of hydrogen-bond donors (Lipinski definition) is 4. The van der Waals surface area contributed by atoms with Gasteiger partial charge >= 0.3 is 0 Å². The van der Waals surface area contributed by atoms with Crippen molar-refractivity contribution in [3.8, 4) is 11.3 Å². The first-order valence-electron chi connectivity index (χ1n) is 12.8. The molecule has 210 valence electrons. The molecule has 1 saturated heterocycles. The minimum Gasteiger partial charge on any atom is -0.382 e. The number of fused-ring (bicyclic) bond motifs is 1. The standard InChI is InChI=1S/C27H29ClFN7O3S/c1-15(2)26-34-23(24-25(30)32-13-22(36(24)26)27(37)33-18-9-10-31-12-18)16-7-8-21(20(29)11-16)35-40(38,39)14-17-5-3-4-6-19(17)28/h3-8,11,13,15,18,31,35H,9-10,12,14H2,1-2H3,(H2,30,32)(H,33,37)/t18-/m1/s1. The Labute approximate surface area is 236 Å². The third-order valence-corrected chi connectivity index (χ3v) is 8.26. The fourth-order valence-corrected chi connectivity index (χ4v) is 6.24. The van der Waals surface area contributed by atoms with Gasteiger partial charge in [0.1, 0.15) is 34.4 Å². The molecule has 1 fully saturated rings. The van der Waals surface area contributed by atoms with Crippen LogP contribution >= 0.6 is 11.6 Å². The van der Waals surface area contributed by atoms with E-state index in [1.807, 2.05) is 13.8 Å². The zero-order valence-electron chi connectivity index (χ0n) is 21.9. The zero-order valence-corrected chi connectivity index (χ0v) is 23.5. The predicted octanol–water partition coefficient (Wildman–Crippen LogP) is 3.93. The highest BCUT2D eigenvalue weighted by molar-refractivity contribution is 7.91. The van der Waals surface area contributed by atoms with E-state index in [0.29, 0.717) is 39.7 Å². The largest absolute Gasteiger partial charge is 0.382 e. The van der Waals surface area contributed by atoms with Crippen LogP contribution in [-0.4, -0.2) is 47.8 Å². The number of aromatic nitrogens is 3. The number of halogens is 2. The Bertz CT molecular complexity index is 1700. The van der Waals surface area contributed by atoms with Gasteiger partial charge < -0.3 is 16.4 Å². The maximum Gasteiger partial charge on any atom is 0.270 e. The first-order chi connectivity index (χ1) is 19.0. The minimum absolute atomic E-state index is 0.00562. The molecular formula is C27H29ClFN7O3S. The molecule has 2 aromatic heterocycles. The van der Waals surface area contributed by atoms with Crippen molar-refractivity contribution in [2.24, 2.45) is 0 Å². The van der Waals surface area contributed by atoms with Crippen molar-refractivity contribution in [2.45, 2.75) is 38.0 Å². The van der Waals surface area contributed by atoms with E-state index in [-0.39, 0.29) is 35.1 Å². The number of nitrogens with two attached hydrogens (primary N) is 1. The molecule has 40 heavy (non-hydrogen) atoms. The van der Waals surface area contributed by atoms with E-state index in [0.717, 1.165) is 13.0 Å². The number of carbonyl (C=O) groups excluding carboxylic acids is 1. The quantitative estimate of drug-likeness (QED) is 0.245. The number of anilines is 2. The van der Waals surface area contributed by atoms with Crippen LogP contribution < -0.4 is 21.1 Å². The summed E-state index contributed by atoms with van der Waals surface area (Å²) in [6.07, 6.45) is 2.23. The molecule has 1 aliphatic rings. The lowest BCUT2D eigenvalue weighted by Gasteiger charge is -2.15. The minimum atomic E-state index is -3.96. The summed E-state index contributed by atoms with van der Waals surface area (Å²) < 4.78 is 44.7. The monoisotopic (exact) mass is 585 g/mol. The molecule has 3 heterocycles. The summed E-state index contributed by atoms with van der Waals surface area (Å²) in [6, 6.07) is 10.6. The van der Waals surface area contributed by atoms with Crippen LogP contribution in [0.2, 0.25) is 5.02 Å². The second-order valence-electron chi connectivity index (χ2n) is 10.00. The van der Waals surface area contributed by atoms with Gasteiger partial charge in [-0.2, -0.15) is 0 Å². The summed E-state index contributed by atoms with van der Waals surface area (Å²) >= 11 is 6.09. The number of imidazole rings is 1. The summed E-state index contributed by atoms with van der Waals surface area (Å²) in [4.78, 5) is 22.2. The highest BCUT2D eigenvalue weighted by atomic mass is 35.5. The molecule has 10 nitrogen and oxygen atoms in total. The van der Waals surface area contributed by atoms with Crippen molar-refractivity contribution >= 4 is 44.6 Å². The van der Waals surface area contributed by atoms with E-state index in [4.69, 9.17) is 22.3 Å². The number of nitrogens with one attached hydrogen (secondary N) is 3. The molecule has 1 amide bonds. The van der Waals surface area contributed by atoms with Crippen LogP contribution in [-0.2, 0) is 15.8 Å². The summed E-state index contributed by atoms with van der Waals surface area (Å²) in [7, 11) is -3.96. The van der Waals surface area contributed by atoms with Crippen LogP contribution in [0.5, 0.6) is 0 Å².